The Morgan fingerprint density at radius 1 is 1.39 bits per heavy atom. The van der Waals surface area contributed by atoms with E-state index >= 15 is 0 Å². The van der Waals surface area contributed by atoms with Crippen LogP contribution in [-0.2, 0) is 22.5 Å². The number of hydrogen-bond acceptors (Lipinski definition) is 10. The Bertz CT molecular complexity index is 901. The number of methoxy groups -OCH3 is 1. The molecule has 1 aliphatic rings. The Hall–Kier alpha value is -1.08. The van der Waals surface area contributed by atoms with Gasteiger partial charge < -0.3 is 4.74 Å². The number of amides is 1. The fourth-order valence-corrected chi connectivity index (χ4v) is 6.17. The molecule has 2 aromatic heterocycles. The van der Waals surface area contributed by atoms with Gasteiger partial charge in [0, 0.05) is 18.8 Å². The van der Waals surface area contributed by atoms with E-state index in [-0.39, 0.29) is 17.2 Å². The minimum atomic E-state index is -0.204. The van der Waals surface area contributed by atoms with Gasteiger partial charge in [-0.3, -0.25) is 19.5 Å². The van der Waals surface area contributed by atoms with E-state index in [4.69, 9.17) is 4.74 Å². The summed E-state index contributed by atoms with van der Waals surface area (Å²) in [5.74, 6) is 0.833. The molecule has 0 saturated carbocycles. The summed E-state index contributed by atoms with van der Waals surface area (Å²) in [7, 11) is 1.59. The number of thioether (sulfide) groups is 3. The number of aromatic nitrogens is 4. The van der Waals surface area contributed by atoms with Crippen molar-refractivity contribution in [2.24, 2.45) is 0 Å². The SMILES string of the molecule is CCSc1nnc(NC(=O)CSc2nc3c(c(=O)n2CCOC)S[C@H](C)C3)s1. The third-order valence-electron chi connectivity index (χ3n) is 3.73. The molecule has 152 valence electrons. The van der Waals surface area contributed by atoms with E-state index in [1.165, 1.54) is 23.1 Å². The number of carbonyl (C=O) groups is 1. The molecule has 1 amide bonds. The van der Waals surface area contributed by atoms with Gasteiger partial charge in [-0.2, -0.15) is 0 Å². The van der Waals surface area contributed by atoms with E-state index in [1.807, 2.05) is 6.92 Å². The molecular formula is C16H21N5O3S4. The van der Waals surface area contributed by atoms with E-state index in [1.54, 1.807) is 35.2 Å². The van der Waals surface area contributed by atoms with Gasteiger partial charge in [0.15, 0.2) is 9.50 Å². The molecule has 0 radical (unpaired) electrons. The molecule has 1 N–H and O–H groups in total. The van der Waals surface area contributed by atoms with Gasteiger partial charge >= 0.3 is 0 Å². The van der Waals surface area contributed by atoms with Gasteiger partial charge in [0.1, 0.15) is 0 Å². The van der Waals surface area contributed by atoms with Gasteiger partial charge in [0.25, 0.3) is 5.56 Å². The molecule has 28 heavy (non-hydrogen) atoms. The molecule has 0 bridgehead atoms. The van der Waals surface area contributed by atoms with E-state index in [0.717, 1.165) is 22.2 Å². The Balaban J connectivity index is 1.70. The highest BCUT2D eigenvalue weighted by molar-refractivity contribution is 8.01. The van der Waals surface area contributed by atoms with Crippen LogP contribution in [0.2, 0.25) is 0 Å². The summed E-state index contributed by atoms with van der Waals surface area (Å²) in [6.45, 7) is 4.93. The third-order valence-corrected chi connectivity index (χ3v) is 7.78. The van der Waals surface area contributed by atoms with Crippen molar-refractivity contribution in [1.29, 1.82) is 0 Å². The lowest BCUT2D eigenvalue weighted by Crippen LogP contribution is -2.27. The first-order valence-corrected chi connectivity index (χ1v) is 12.4. The number of nitrogens with one attached hydrogen (secondary N) is 1. The average Bonchev–Trinajstić information content (AvgIpc) is 3.25. The van der Waals surface area contributed by atoms with E-state index in [0.29, 0.717) is 33.6 Å². The molecule has 12 heteroatoms. The van der Waals surface area contributed by atoms with Crippen molar-refractivity contribution >= 4 is 57.7 Å². The number of ether oxygens (including phenoxy) is 1. The summed E-state index contributed by atoms with van der Waals surface area (Å²) in [4.78, 5) is 30.5. The molecule has 3 rings (SSSR count). The minimum Gasteiger partial charge on any atom is -0.383 e. The van der Waals surface area contributed by atoms with Crippen LogP contribution in [0.5, 0.6) is 0 Å². The van der Waals surface area contributed by atoms with Crippen molar-refractivity contribution in [3.63, 3.8) is 0 Å². The Labute approximate surface area is 179 Å². The van der Waals surface area contributed by atoms with Crippen LogP contribution in [0.15, 0.2) is 19.2 Å². The molecule has 3 heterocycles. The second-order valence-corrected chi connectivity index (χ2v) is 10.8. The summed E-state index contributed by atoms with van der Waals surface area (Å²) < 4.78 is 7.55. The fourth-order valence-electron chi connectivity index (χ4n) is 2.55. The molecule has 0 aliphatic carbocycles. The molecule has 1 atom stereocenters. The summed E-state index contributed by atoms with van der Waals surface area (Å²) in [6.07, 6.45) is 0.767. The summed E-state index contributed by atoms with van der Waals surface area (Å²) in [5, 5.41) is 12.1. The lowest BCUT2D eigenvalue weighted by atomic mass is 10.2. The molecule has 0 aromatic carbocycles. The first-order valence-electron chi connectivity index (χ1n) is 8.70. The van der Waals surface area contributed by atoms with Crippen molar-refractivity contribution in [2.45, 2.75) is 46.5 Å². The van der Waals surface area contributed by atoms with Gasteiger partial charge in [-0.05, 0) is 5.75 Å². The predicted octanol–water partition coefficient (Wildman–Crippen LogP) is 2.62. The zero-order chi connectivity index (χ0) is 20.1. The van der Waals surface area contributed by atoms with Crippen LogP contribution in [0.3, 0.4) is 0 Å². The van der Waals surface area contributed by atoms with Crippen LogP contribution < -0.4 is 10.9 Å². The van der Waals surface area contributed by atoms with Gasteiger partial charge in [-0.1, -0.05) is 48.7 Å². The monoisotopic (exact) mass is 459 g/mol. The Morgan fingerprint density at radius 2 is 2.21 bits per heavy atom. The second-order valence-electron chi connectivity index (χ2n) is 5.90. The molecule has 0 unspecified atom stereocenters. The maximum absolute atomic E-state index is 12.8. The lowest BCUT2D eigenvalue weighted by molar-refractivity contribution is -0.113. The highest BCUT2D eigenvalue weighted by Crippen LogP contribution is 2.34. The predicted molar refractivity (Wildman–Crippen MR) is 115 cm³/mol. The standard InChI is InChI=1S/C16H21N5O3S4/c1-4-25-16-20-19-14(28-16)18-11(22)8-26-15-17-10-7-9(2)27-12(10)13(23)21(15)5-6-24-3/h9H,4-8H2,1-3H3,(H,18,19,22)/t9-/m1/s1. The number of fused-ring (bicyclic) bond motifs is 1. The van der Waals surface area contributed by atoms with Gasteiger partial charge in [0.05, 0.1) is 29.5 Å². The Kier molecular flexibility index (Phi) is 7.80. The van der Waals surface area contributed by atoms with Crippen LogP contribution in [-0.4, -0.2) is 56.1 Å². The van der Waals surface area contributed by atoms with Crippen molar-refractivity contribution in [2.75, 3.05) is 30.5 Å². The number of nitrogens with zero attached hydrogens (tertiary/aromatic N) is 4. The lowest BCUT2D eigenvalue weighted by Gasteiger charge is -2.13. The van der Waals surface area contributed by atoms with Crippen molar-refractivity contribution in [3.8, 4) is 0 Å². The first-order chi connectivity index (χ1) is 13.5. The van der Waals surface area contributed by atoms with Gasteiger partial charge in [-0.15, -0.1) is 22.0 Å². The zero-order valence-electron chi connectivity index (χ0n) is 15.8. The third kappa shape index (κ3) is 5.29. The van der Waals surface area contributed by atoms with Gasteiger partial charge in [-0.25, -0.2) is 4.98 Å². The number of hydrogen-bond donors (Lipinski definition) is 1. The van der Waals surface area contributed by atoms with Crippen molar-refractivity contribution in [3.05, 3.63) is 16.0 Å². The zero-order valence-corrected chi connectivity index (χ0v) is 19.0. The van der Waals surface area contributed by atoms with Crippen molar-refractivity contribution < 1.29 is 9.53 Å². The smallest absolute Gasteiger partial charge is 0.268 e. The second kappa shape index (κ2) is 10.1. The summed E-state index contributed by atoms with van der Waals surface area (Å²) in [5.41, 5.74) is 0.772. The quantitative estimate of drug-likeness (QED) is 0.345. The van der Waals surface area contributed by atoms with Crippen LogP contribution in [0.4, 0.5) is 5.13 Å². The highest BCUT2D eigenvalue weighted by atomic mass is 32.2. The van der Waals surface area contributed by atoms with Crippen LogP contribution >= 0.6 is 46.6 Å². The average molecular weight is 460 g/mol. The summed E-state index contributed by atoms with van der Waals surface area (Å²) in [6, 6.07) is 0. The summed E-state index contributed by atoms with van der Waals surface area (Å²) >= 11 is 5.75. The molecule has 0 saturated heterocycles. The molecule has 1 aliphatic heterocycles. The van der Waals surface area contributed by atoms with Gasteiger partial charge in [0.2, 0.25) is 11.0 Å². The molecule has 0 spiro atoms. The molecule has 8 nitrogen and oxygen atoms in total. The molecule has 0 fully saturated rings. The topological polar surface area (TPSA) is 99.0 Å². The largest absolute Gasteiger partial charge is 0.383 e. The molecular weight excluding hydrogens is 438 g/mol. The maximum Gasteiger partial charge on any atom is 0.268 e. The van der Waals surface area contributed by atoms with E-state index < -0.39 is 0 Å². The number of anilines is 1. The van der Waals surface area contributed by atoms with Crippen LogP contribution in [0.1, 0.15) is 19.5 Å². The number of rotatable bonds is 9. The van der Waals surface area contributed by atoms with Crippen molar-refractivity contribution in [1.82, 2.24) is 19.7 Å². The van der Waals surface area contributed by atoms with E-state index in [9.17, 15) is 9.59 Å². The van der Waals surface area contributed by atoms with Crippen LogP contribution in [0, 0.1) is 0 Å². The number of carbonyl (C=O) groups excluding carboxylic acids is 1. The first kappa shape index (κ1) is 21.6. The fraction of sp³-hybridized carbons (Fsp3) is 0.562. The Morgan fingerprint density at radius 3 is 2.96 bits per heavy atom. The van der Waals surface area contributed by atoms with E-state index in [2.05, 4.69) is 27.4 Å². The normalized spacial score (nSPS) is 15.6. The highest BCUT2D eigenvalue weighted by Gasteiger charge is 2.26. The maximum atomic E-state index is 12.8. The molecule has 2 aromatic rings. The minimum absolute atomic E-state index is 0.0512. The van der Waals surface area contributed by atoms with Crippen LogP contribution in [0.25, 0.3) is 0 Å².